The summed E-state index contributed by atoms with van der Waals surface area (Å²) in [6.45, 7) is 6.35. The van der Waals surface area contributed by atoms with Crippen molar-refractivity contribution in [1.29, 1.82) is 0 Å². The normalized spacial score (nSPS) is 11.9. The molecule has 4 nitrogen and oxygen atoms in total. The minimum Gasteiger partial charge on any atom is -0.254 e. The minimum absolute atomic E-state index is 0.611. The highest BCUT2D eigenvalue weighted by molar-refractivity contribution is 6.12. The van der Waals surface area contributed by atoms with E-state index in [2.05, 4.69) is 151 Å². The van der Waals surface area contributed by atoms with Crippen LogP contribution in [0.25, 0.3) is 61.0 Å². The molecule has 0 aliphatic carbocycles. The smallest absolute Gasteiger partial charge is 0.160 e. The van der Waals surface area contributed by atoms with E-state index in [9.17, 15) is 0 Å². The van der Waals surface area contributed by atoms with Gasteiger partial charge in [0.1, 0.15) is 0 Å². The molecule has 0 saturated carbocycles. The van der Waals surface area contributed by atoms with Gasteiger partial charge in [0.2, 0.25) is 0 Å². The number of rotatable bonds is 7. The van der Waals surface area contributed by atoms with Gasteiger partial charge in [-0.3, -0.25) is 4.98 Å². The summed E-state index contributed by atoms with van der Waals surface area (Å²) in [4.78, 5) is 19.7. The summed E-state index contributed by atoms with van der Waals surface area (Å²) >= 11 is 0. The number of fused-ring (bicyclic) bond motifs is 3. The molecular formula is C47H34N4. The lowest BCUT2D eigenvalue weighted by Gasteiger charge is -2.10. The number of aromatic nitrogens is 2. The third kappa shape index (κ3) is 6.76. The van der Waals surface area contributed by atoms with Gasteiger partial charge in [-0.05, 0) is 52.4 Å². The fourth-order valence-corrected chi connectivity index (χ4v) is 6.26. The highest BCUT2D eigenvalue weighted by Crippen LogP contribution is 2.29. The number of pyridine rings is 2. The second-order valence-electron chi connectivity index (χ2n) is 12.5. The van der Waals surface area contributed by atoms with Crippen molar-refractivity contribution in [3.05, 3.63) is 199 Å². The Balaban J connectivity index is 1.08. The van der Waals surface area contributed by atoms with Crippen LogP contribution in [0.15, 0.2) is 193 Å². The highest BCUT2D eigenvalue weighted by atomic mass is 14.9. The van der Waals surface area contributed by atoms with Crippen LogP contribution in [0.1, 0.15) is 23.6 Å². The molecule has 0 spiro atoms. The van der Waals surface area contributed by atoms with Crippen molar-refractivity contribution < 1.29 is 0 Å². The van der Waals surface area contributed by atoms with Crippen LogP contribution < -0.4 is 0 Å². The Hall–Kier alpha value is -6.78. The molecule has 4 heteroatoms. The zero-order valence-corrected chi connectivity index (χ0v) is 28.2. The Morgan fingerprint density at radius 1 is 0.451 bits per heavy atom. The van der Waals surface area contributed by atoms with E-state index in [1.54, 1.807) is 0 Å². The molecule has 242 valence electrons. The fourth-order valence-electron chi connectivity index (χ4n) is 6.26. The quantitative estimate of drug-likeness (QED) is 0.0975. The van der Waals surface area contributed by atoms with Crippen molar-refractivity contribution >= 4 is 39.1 Å². The van der Waals surface area contributed by atoms with Crippen LogP contribution in [-0.2, 0) is 0 Å². The lowest BCUT2D eigenvalue weighted by molar-refractivity contribution is 1.37. The number of nitrogens with zero attached hydrogens (tertiary/aromatic N) is 4. The van der Waals surface area contributed by atoms with Gasteiger partial charge in [-0.15, -0.1) is 0 Å². The maximum atomic E-state index is 5.03. The lowest BCUT2D eigenvalue weighted by Crippen LogP contribution is -2.04. The molecule has 0 bridgehead atoms. The van der Waals surface area contributed by atoms with Crippen molar-refractivity contribution in [2.45, 2.75) is 6.92 Å². The molecule has 2 aromatic heterocycles. The van der Waals surface area contributed by atoms with Crippen molar-refractivity contribution in [3.63, 3.8) is 0 Å². The summed E-state index contributed by atoms with van der Waals surface area (Å²) < 4.78 is 0. The van der Waals surface area contributed by atoms with E-state index in [1.807, 2.05) is 43.5 Å². The molecule has 0 unspecified atom stereocenters. The number of amidine groups is 1. The van der Waals surface area contributed by atoms with Crippen molar-refractivity contribution in [2.75, 3.05) is 0 Å². The van der Waals surface area contributed by atoms with E-state index >= 15 is 0 Å². The molecule has 0 saturated heterocycles. The number of aliphatic imine (C=N–C) groups is 2. The summed E-state index contributed by atoms with van der Waals surface area (Å²) in [5.74, 6) is 0.611. The molecule has 0 N–H and O–H groups in total. The molecule has 0 fully saturated rings. The standard InChI is InChI=1S/C47H34N4/c1-32(34-10-5-3-6-11-34)49-47(50-33(2)35-15-17-37(18-16-35)36-12-7-4-8-13-36)43-27-21-39(22-28-43)38-19-23-40(24-20-38)44-30-29-42-26-25-41-14-9-31-48-45(41)46(42)51-44/h3-31H,2H2,1H3/b49-32+,50-47-. The Kier molecular flexibility index (Phi) is 8.63. The summed E-state index contributed by atoms with van der Waals surface area (Å²) in [6.07, 6.45) is 1.82. The van der Waals surface area contributed by atoms with Gasteiger partial charge in [0.25, 0.3) is 0 Å². The van der Waals surface area contributed by atoms with E-state index in [4.69, 9.17) is 15.0 Å². The summed E-state index contributed by atoms with van der Waals surface area (Å²) in [5.41, 5.74) is 12.8. The first-order chi connectivity index (χ1) is 25.1. The van der Waals surface area contributed by atoms with Crippen LogP contribution in [0.4, 0.5) is 0 Å². The zero-order chi connectivity index (χ0) is 34.6. The van der Waals surface area contributed by atoms with Gasteiger partial charge in [0, 0.05) is 33.8 Å². The Labute approximate surface area is 297 Å². The van der Waals surface area contributed by atoms with Crippen molar-refractivity contribution in [2.24, 2.45) is 9.98 Å². The minimum atomic E-state index is 0.611. The third-order valence-corrected chi connectivity index (χ3v) is 9.12. The molecule has 8 rings (SSSR count). The van der Waals surface area contributed by atoms with Gasteiger partial charge in [0.15, 0.2) is 5.84 Å². The average Bonchev–Trinajstić information content (AvgIpc) is 3.21. The van der Waals surface area contributed by atoms with Gasteiger partial charge in [0.05, 0.1) is 22.4 Å². The molecule has 0 aliphatic rings. The first kappa shape index (κ1) is 31.5. The van der Waals surface area contributed by atoms with Crippen molar-refractivity contribution in [3.8, 4) is 33.5 Å². The molecule has 51 heavy (non-hydrogen) atoms. The molecule has 6 aromatic carbocycles. The van der Waals surface area contributed by atoms with E-state index in [1.165, 1.54) is 5.56 Å². The monoisotopic (exact) mass is 654 g/mol. The van der Waals surface area contributed by atoms with E-state index in [0.717, 1.165) is 72.2 Å². The lowest BCUT2D eigenvalue weighted by atomic mass is 10.0. The van der Waals surface area contributed by atoms with Gasteiger partial charge in [-0.25, -0.2) is 15.0 Å². The first-order valence-electron chi connectivity index (χ1n) is 17.0. The Morgan fingerprint density at radius 2 is 0.980 bits per heavy atom. The number of hydrogen-bond donors (Lipinski definition) is 0. The molecule has 0 aliphatic heterocycles. The molecule has 2 heterocycles. The third-order valence-electron chi connectivity index (χ3n) is 9.12. The molecule has 0 radical (unpaired) electrons. The van der Waals surface area contributed by atoms with E-state index < -0.39 is 0 Å². The van der Waals surface area contributed by atoms with Crippen LogP contribution in [0.5, 0.6) is 0 Å². The maximum absolute atomic E-state index is 5.03. The predicted octanol–water partition coefficient (Wildman–Crippen LogP) is 11.7. The molecular weight excluding hydrogens is 621 g/mol. The van der Waals surface area contributed by atoms with E-state index in [-0.39, 0.29) is 0 Å². The molecule has 8 aromatic rings. The van der Waals surface area contributed by atoms with Gasteiger partial charge in [-0.2, -0.15) is 0 Å². The van der Waals surface area contributed by atoms with Crippen molar-refractivity contribution in [1.82, 2.24) is 9.97 Å². The van der Waals surface area contributed by atoms with Crippen LogP contribution in [0.3, 0.4) is 0 Å². The maximum Gasteiger partial charge on any atom is 0.160 e. The summed E-state index contributed by atoms with van der Waals surface area (Å²) in [5, 5.41) is 2.17. The van der Waals surface area contributed by atoms with Gasteiger partial charge < -0.3 is 0 Å². The zero-order valence-electron chi connectivity index (χ0n) is 28.2. The topological polar surface area (TPSA) is 50.5 Å². The highest BCUT2D eigenvalue weighted by Gasteiger charge is 2.10. The first-order valence-corrected chi connectivity index (χ1v) is 17.0. The van der Waals surface area contributed by atoms with Crippen LogP contribution >= 0.6 is 0 Å². The second kappa shape index (κ2) is 14.0. The van der Waals surface area contributed by atoms with E-state index in [0.29, 0.717) is 11.5 Å². The van der Waals surface area contributed by atoms with Crippen LogP contribution in [-0.4, -0.2) is 21.5 Å². The fraction of sp³-hybridized carbons (Fsp3) is 0.0213. The van der Waals surface area contributed by atoms with Crippen LogP contribution in [0, 0.1) is 0 Å². The number of hydrogen-bond acceptors (Lipinski definition) is 3. The summed E-state index contributed by atoms with van der Waals surface area (Å²) in [6, 6.07) is 58.3. The Morgan fingerprint density at radius 3 is 1.65 bits per heavy atom. The van der Waals surface area contributed by atoms with Gasteiger partial charge in [-0.1, -0.05) is 164 Å². The molecule has 0 amide bonds. The largest absolute Gasteiger partial charge is 0.254 e. The Bertz CT molecular complexity index is 2550. The second-order valence-corrected chi connectivity index (χ2v) is 12.5. The number of benzene rings is 6. The SMILES string of the molecule is C=C(/N=C(\N=C(/C)c1ccccc1)c1ccc(-c2ccc(-c3ccc4ccc5cccnc5c4n3)cc2)cc1)c1ccc(-c2ccccc2)cc1. The average molecular weight is 655 g/mol. The van der Waals surface area contributed by atoms with Gasteiger partial charge >= 0.3 is 0 Å². The van der Waals surface area contributed by atoms with Crippen LogP contribution in [0.2, 0.25) is 0 Å². The molecule has 0 atom stereocenters. The summed E-state index contributed by atoms with van der Waals surface area (Å²) in [7, 11) is 0. The predicted molar refractivity (Wildman–Crippen MR) is 214 cm³/mol.